The van der Waals surface area contributed by atoms with Crippen LogP contribution in [0.2, 0.25) is 0 Å². The van der Waals surface area contributed by atoms with Crippen LogP contribution in [-0.4, -0.2) is 95.0 Å². The first-order valence-electron chi connectivity index (χ1n) is 16.1. The number of rotatable bonds is 9. The largest absolute Gasteiger partial charge is 0.510 e. The van der Waals surface area contributed by atoms with Crippen molar-refractivity contribution in [1.29, 1.82) is 0 Å². The maximum absolute atomic E-state index is 14.3. The molecule has 1 aliphatic heterocycles. The number of carbonyl (C=O) groups excluding carboxylic acids is 3. The van der Waals surface area contributed by atoms with E-state index in [2.05, 4.69) is 25.5 Å². The van der Waals surface area contributed by atoms with Crippen molar-refractivity contribution < 1.29 is 28.6 Å². The molecule has 1 aliphatic rings. The molecule has 1 fully saturated rings. The Morgan fingerprint density at radius 3 is 2.49 bits per heavy atom. The summed E-state index contributed by atoms with van der Waals surface area (Å²) in [7, 11) is 1.76. The Kier molecular flexibility index (Phi) is 10.6. The molecule has 0 saturated carbocycles. The number of nitrogens with zero attached hydrogens (tertiary/aromatic N) is 10. The van der Waals surface area contributed by atoms with E-state index >= 15 is 0 Å². The van der Waals surface area contributed by atoms with Gasteiger partial charge in [0, 0.05) is 43.9 Å². The number of aromatic nitrogens is 7. The molecule has 0 bridgehead atoms. The van der Waals surface area contributed by atoms with Gasteiger partial charge < -0.3 is 14.2 Å². The zero-order valence-electron chi connectivity index (χ0n) is 28.9. The molecule has 0 radical (unpaired) electrons. The SMILES string of the molecule is CCOC(=O)OC(CC)n1nnc(-c2c(-c3ccc(C(=O)N(c4ncccc4C)N4CCCN(C(=O)OC(C)(C)C)C4)cc3)cnn2C)n1. The van der Waals surface area contributed by atoms with Gasteiger partial charge in [-0.15, -0.1) is 15.0 Å². The van der Waals surface area contributed by atoms with Crippen molar-refractivity contribution in [3.8, 4) is 22.6 Å². The Hall–Kier alpha value is -5.38. The second-order valence-electron chi connectivity index (χ2n) is 12.4. The van der Waals surface area contributed by atoms with Crippen molar-refractivity contribution in [2.24, 2.45) is 7.05 Å². The number of hydrogen-bond donors (Lipinski definition) is 0. The zero-order chi connectivity index (χ0) is 35.3. The molecule has 0 N–H and O–H groups in total. The van der Waals surface area contributed by atoms with Crippen molar-refractivity contribution in [1.82, 2.24) is 44.9 Å². The average molecular weight is 675 g/mol. The third-order valence-corrected chi connectivity index (χ3v) is 7.61. The molecule has 49 heavy (non-hydrogen) atoms. The normalized spacial score (nSPS) is 14.3. The summed E-state index contributed by atoms with van der Waals surface area (Å²) in [4.78, 5) is 46.5. The summed E-state index contributed by atoms with van der Waals surface area (Å²) >= 11 is 0. The predicted molar refractivity (Wildman–Crippen MR) is 178 cm³/mol. The van der Waals surface area contributed by atoms with Gasteiger partial charge in [-0.3, -0.25) is 14.4 Å². The fraction of sp³-hybridized carbons (Fsp3) is 0.455. The van der Waals surface area contributed by atoms with E-state index < -0.39 is 24.1 Å². The van der Waals surface area contributed by atoms with Gasteiger partial charge in [-0.25, -0.2) is 19.6 Å². The van der Waals surface area contributed by atoms with Crippen LogP contribution in [0.1, 0.15) is 69.6 Å². The van der Waals surface area contributed by atoms with E-state index in [9.17, 15) is 14.4 Å². The van der Waals surface area contributed by atoms with Crippen LogP contribution in [0.3, 0.4) is 0 Å². The molecule has 260 valence electrons. The minimum atomic E-state index is -0.818. The number of aryl methyl sites for hydroxylation is 2. The lowest BCUT2D eigenvalue weighted by atomic mass is 10.0. The maximum Gasteiger partial charge on any atom is 0.510 e. The predicted octanol–water partition coefficient (Wildman–Crippen LogP) is 4.99. The Labute approximate surface area is 284 Å². The highest BCUT2D eigenvalue weighted by atomic mass is 16.7. The molecule has 2 amide bonds. The summed E-state index contributed by atoms with van der Waals surface area (Å²) in [5.74, 6) is 0.448. The fourth-order valence-electron chi connectivity index (χ4n) is 5.31. The molecule has 0 aliphatic carbocycles. The molecule has 5 rings (SSSR count). The van der Waals surface area contributed by atoms with Crippen LogP contribution in [0.15, 0.2) is 48.8 Å². The van der Waals surface area contributed by atoms with Crippen molar-refractivity contribution in [3.63, 3.8) is 0 Å². The molecular formula is C33H42N10O6. The number of amides is 2. The fourth-order valence-corrected chi connectivity index (χ4v) is 5.31. The number of hydrazine groups is 1. The van der Waals surface area contributed by atoms with Gasteiger partial charge in [-0.1, -0.05) is 25.1 Å². The monoisotopic (exact) mass is 674 g/mol. The minimum absolute atomic E-state index is 0.158. The van der Waals surface area contributed by atoms with Crippen LogP contribution in [-0.2, 0) is 21.3 Å². The lowest BCUT2D eigenvalue weighted by Crippen LogP contribution is -2.57. The highest BCUT2D eigenvalue weighted by Crippen LogP contribution is 2.31. The number of anilines is 1. The van der Waals surface area contributed by atoms with Gasteiger partial charge in [0.25, 0.3) is 5.91 Å². The van der Waals surface area contributed by atoms with Gasteiger partial charge in [0.2, 0.25) is 12.1 Å². The second-order valence-corrected chi connectivity index (χ2v) is 12.4. The highest BCUT2D eigenvalue weighted by molar-refractivity contribution is 6.05. The maximum atomic E-state index is 14.3. The van der Waals surface area contributed by atoms with Gasteiger partial charge in [-0.2, -0.15) is 10.1 Å². The summed E-state index contributed by atoms with van der Waals surface area (Å²) in [6, 6.07) is 10.8. The van der Waals surface area contributed by atoms with Gasteiger partial charge in [0.15, 0.2) is 5.82 Å². The number of pyridine rings is 1. The van der Waals surface area contributed by atoms with Crippen molar-refractivity contribution in [2.75, 3.05) is 31.4 Å². The highest BCUT2D eigenvalue weighted by Gasteiger charge is 2.34. The lowest BCUT2D eigenvalue weighted by Gasteiger charge is -2.41. The Morgan fingerprint density at radius 1 is 1.06 bits per heavy atom. The number of ether oxygens (including phenoxy) is 3. The molecule has 4 aromatic rings. The van der Waals surface area contributed by atoms with Crippen molar-refractivity contribution >= 4 is 24.0 Å². The van der Waals surface area contributed by atoms with Crippen LogP contribution in [0.4, 0.5) is 15.4 Å². The minimum Gasteiger partial charge on any atom is -0.444 e. The van der Waals surface area contributed by atoms with Crippen LogP contribution in [0.25, 0.3) is 22.6 Å². The number of tetrazole rings is 1. The molecule has 16 nitrogen and oxygen atoms in total. The molecule has 4 heterocycles. The summed E-state index contributed by atoms with van der Waals surface area (Å²) in [5.41, 5.74) is 2.63. The lowest BCUT2D eigenvalue weighted by molar-refractivity contribution is -0.0159. The molecular weight excluding hydrogens is 632 g/mol. The molecule has 1 aromatic carbocycles. The van der Waals surface area contributed by atoms with Gasteiger partial charge in [-0.05, 0) is 75.6 Å². The van der Waals surface area contributed by atoms with Gasteiger partial charge in [0.05, 0.1) is 19.5 Å². The third kappa shape index (κ3) is 8.02. The molecule has 16 heteroatoms. The molecule has 1 saturated heterocycles. The first kappa shape index (κ1) is 34.9. The third-order valence-electron chi connectivity index (χ3n) is 7.61. The summed E-state index contributed by atoms with van der Waals surface area (Å²) in [6.07, 6.45) is 2.30. The van der Waals surface area contributed by atoms with E-state index in [1.165, 1.54) is 4.80 Å². The van der Waals surface area contributed by atoms with E-state index in [4.69, 9.17) is 14.2 Å². The van der Waals surface area contributed by atoms with Gasteiger partial charge in [0.1, 0.15) is 11.3 Å². The van der Waals surface area contributed by atoms with E-state index in [-0.39, 0.29) is 25.0 Å². The van der Waals surface area contributed by atoms with Crippen LogP contribution >= 0.6 is 0 Å². The van der Waals surface area contributed by atoms with Crippen molar-refractivity contribution in [2.45, 2.75) is 66.2 Å². The Balaban J connectivity index is 1.41. The first-order valence-corrected chi connectivity index (χ1v) is 16.1. The topological polar surface area (TPSA) is 163 Å². The Bertz CT molecular complexity index is 1780. The number of benzene rings is 1. The summed E-state index contributed by atoms with van der Waals surface area (Å²) < 4.78 is 17.5. The Morgan fingerprint density at radius 2 is 1.82 bits per heavy atom. The van der Waals surface area contributed by atoms with Gasteiger partial charge >= 0.3 is 12.2 Å². The first-order chi connectivity index (χ1) is 23.4. The smallest absolute Gasteiger partial charge is 0.444 e. The van der Waals surface area contributed by atoms with Crippen LogP contribution < -0.4 is 5.01 Å². The second kappa shape index (κ2) is 14.8. The zero-order valence-corrected chi connectivity index (χ0v) is 28.9. The standard InChI is InChI=1S/C33H42N10O6/c1-8-26(48-32(46)47-9-2)43-37-28(36-38-43)27-25(20-35-39(27)7)23-13-15-24(16-14-23)30(44)42(29-22(3)12-10-17-34-29)41-19-11-18-40(21-41)31(45)49-33(4,5)6/h10,12-17,20,26H,8-9,11,18-19,21H2,1-7H3. The average Bonchev–Trinajstić information content (AvgIpc) is 3.71. The van der Waals surface area contributed by atoms with Crippen LogP contribution in [0, 0.1) is 6.92 Å². The molecule has 3 aromatic heterocycles. The van der Waals surface area contributed by atoms with E-state index in [0.29, 0.717) is 48.6 Å². The summed E-state index contributed by atoms with van der Waals surface area (Å²) in [5, 5.41) is 20.6. The van der Waals surface area contributed by atoms with E-state index in [0.717, 1.165) is 11.1 Å². The number of carbonyl (C=O) groups is 3. The van der Waals surface area contributed by atoms with E-state index in [1.807, 2.05) is 63.9 Å². The van der Waals surface area contributed by atoms with Crippen LogP contribution in [0.5, 0.6) is 0 Å². The number of hydrogen-bond acceptors (Lipinski definition) is 12. The molecule has 0 spiro atoms. The molecule has 1 atom stereocenters. The quantitative estimate of drug-likeness (QED) is 0.219. The van der Waals surface area contributed by atoms with E-state index in [1.54, 1.807) is 53.1 Å². The molecule has 1 unspecified atom stereocenters. The van der Waals surface area contributed by atoms with Crippen molar-refractivity contribution in [3.05, 3.63) is 59.9 Å². The summed E-state index contributed by atoms with van der Waals surface area (Å²) in [6.45, 7) is 12.3.